The van der Waals surface area contributed by atoms with Gasteiger partial charge in [0.15, 0.2) is 0 Å². The van der Waals surface area contributed by atoms with Crippen LogP contribution in [0.15, 0.2) is 42.0 Å². The van der Waals surface area contributed by atoms with Gasteiger partial charge in [-0.1, -0.05) is 11.6 Å². The number of anilines is 1. The molecule has 2 aromatic carbocycles. The molecule has 4 atom stereocenters. The average molecular weight is 630 g/mol. The van der Waals surface area contributed by atoms with Crippen LogP contribution in [0, 0.1) is 29.5 Å². The molecule has 45 heavy (non-hydrogen) atoms. The van der Waals surface area contributed by atoms with Crippen molar-refractivity contribution >= 4 is 17.5 Å². The van der Waals surface area contributed by atoms with Gasteiger partial charge in [-0.3, -0.25) is 14.5 Å². The second kappa shape index (κ2) is 11.7. The summed E-state index contributed by atoms with van der Waals surface area (Å²) < 4.78 is 59.6. The summed E-state index contributed by atoms with van der Waals surface area (Å²) in [6.07, 6.45) is 1.71. The molecule has 3 N–H and O–H groups in total. The topological polar surface area (TPSA) is 90.9 Å². The Kier molecular flexibility index (Phi) is 8.22. The average Bonchev–Trinajstić information content (AvgIpc) is 3.64. The Hall–Kier alpha value is -3.44. The van der Waals surface area contributed by atoms with Crippen molar-refractivity contribution in [2.75, 3.05) is 25.5 Å². The molecular weight excluding hydrogens is 590 g/mol. The number of methoxy groups -OCH3 is 1. The summed E-state index contributed by atoms with van der Waals surface area (Å²) in [6.45, 7) is 5.39. The van der Waals surface area contributed by atoms with Crippen molar-refractivity contribution in [2.45, 2.75) is 70.3 Å². The van der Waals surface area contributed by atoms with E-state index in [0.29, 0.717) is 48.9 Å². The van der Waals surface area contributed by atoms with Gasteiger partial charge in [-0.05, 0) is 99.2 Å². The van der Waals surface area contributed by atoms with Crippen molar-refractivity contribution in [1.82, 2.24) is 10.2 Å². The number of carbonyl (C=O) groups excluding carboxylic acids is 2. The Morgan fingerprint density at radius 3 is 2.47 bits per heavy atom. The molecule has 11 heteroatoms. The first-order valence-corrected chi connectivity index (χ1v) is 15.6. The van der Waals surface area contributed by atoms with Crippen molar-refractivity contribution in [3.05, 3.63) is 70.1 Å². The number of hydrogen-bond donors (Lipinski definition) is 3. The fourth-order valence-corrected chi connectivity index (χ4v) is 7.51. The second-order valence-electron chi connectivity index (χ2n) is 13.6. The maximum atomic E-state index is 13.9. The predicted octanol–water partition coefficient (Wildman–Crippen LogP) is 5.71. The first kappa shape index (κ1) is 31.5. The summed E-state index contributed by atoms with van der Waals surface area (Å²) in [5, 5.41) is 16.0. The third-order valence-corrected chi connectivity index (χ3v) is 9.56. The van der Waals surface area contributed by atoms with Crippen LogP contribution >= 0.6 is 0 Å². The highest BCUT2D eigenvalue weighted by atomic mass is 19.4. The molecule has 0 aromatic heterocycles. The zero-order valence-electron chi connectivity index (χ0n) is 25.6. The monoisotopic (exact) mass is 629 g/mol. The lowest BCUT2D eigenvalue weighted by atomic mass is 9.83. The number of fused-ring (bicyclic) bond motifs is 3. The molecule has 7 nitrogen and oxygen atoms in total. The van der Waals surface area contributed by atoms with E-state index in [9.17, 15) is 32.3 Å². The van der Waals surface area contributed by atoms with Gasteiger partial charge in [-0.25, -0.2) is 4.39 Å². The lowest BCUT2D eigenvalue weighted by Gasteiger charge is -2.34. The molecule has 1 aliphatic heterocycles. The fraction of sp³-hybridized carbons (Fsp3) is 0.529. The van der Waals surface area contributed by atoms with E-state index in [1.807, 2.05) is 12.1 Å². The molecule has 6 rings (SSSR count). The number of aliphatic hydroxyl groups is 1. The van der Waals surface area contributed by atoms with Crippen LogP contribution in [0.3, 0.4) is 0 Å². The lowest BCUT2D eigenvalue weighted by molar-refractivity contribution is -0.140. The maximum Gasteiger partial charge on any atom is 0.419 e. The van der Waals surface area contributed by atoms with Crippen molar-refractivity contribution in [3.63, 3.8) is 0 Å². The molecule has 242 valence electrons. The number of nitrogens with zero attached hydrogens (tertiary/aromatic N) is 1. The third-order valence-electron chi connectivity index (χ3n) is 9.56. The summed E-state index contributed by atoms with van der Waals surface area (Å²) in [5.74, 6) is -2.34. The van der Waals surface area contributed by atoms with E-state index in [1.54, 1.807) is 13.8 Å². The highest BCUT2D eigenvalue weighted by Gasteiger charge is 2.55. The van der Waals surface area contributed by atoms with Crippen LogP contribution in [-0.2, 0) is 23.9 Å². The summed E-state index contributed by atoms with van der Waals surface area (Å²) in [5.41, 5.74) is 1.09. The normalized spacial score (nSPS) is 25.7. The molecule has 2 aromatic rings. The molecule has 1 heterocycles. The van der Waals surface area contributed by atoms with Crippen LogP contribution in [0.2, 0.25) is 0 Å². The maximum absolute atomic E-state index is 13.9. The van der Waals surface area contributed by atoms with Gasteiger partial charge in [0.25, 0.3) is 5.91 Å². The zero-order valence-corrected chi connectivity index (χ0v) is 25.6. The van der Waals surface area contributed by atoms with Gasteiger partial charge >= 0.3 is 6.18 Å². The van der Waals surface area contributed by atoms with E-state index in [0.717, 1.165) is 55.0 Å². The van der Waals surface area contributed by atoms with Crippen molar-refractivity contribution in [1.29, 1.82) is 0 Å². The number of β-amino-alcohol motifs (C(OH)–C–C–N with tert-alkyl or cyclic N) is 1. The fourth-order valence-electron chi connectivity index (χ4n) is 7.51. The quantitative estimate of drug-likeness (QED) is 0.257. The van der Waals surface area contributed by atoms with Crippen LogP contribution in [0.4, 0.5) is 23.2 Å². The van der Waals surface area contributed by atoms with E-state index in [2.05, 4.69) is 21.6 Å². The van der Waals surface area contributed by atoms with E-state index >= 15 is 0 Å². The first-order valence-electron chi connectivity index (χ1n) is 15.6. The zero-order chi connectivity index (χ0) is 32.3. The van der Waals surface area contributed by atoms with Gasteiger partial charge in [0.2, 0.25) is 5.91 Å². The van der Waals surface area contributed by atoms with Crippen LogP contribution in [0.5, 0.6) is 5.75 Å². The minimum Gasteiger partial charge on any atom is -0.496 e. The molecule has 0 unspecified atom stereocenters. The van der Waals surface area contributed by atoms with E-state index in [4.69, 9.17) is 4.74 Å². The largest absolute Gasteiger partial charge is 0.496 e. The predicted molar refractivity (Wildman–Crippen MR) is 160 cm³/mol. The lowest BCUT2D eigenvalue weighted by Crippen LogP contribution is -2.48. The number of halogens is 4. The first-order chi connectivity index (χ1) is 21.2. The minimum absolute atomic E-state index is 0.0618. The van der Waals surface area contributed by atoms with E-state index in [-0.39, 0.29) is 23.4 Å². The Morgan fingerprint density at radius 2 is 1.80 bits per heavy atom. The summed E-state index contributed by atoms with van der Waals surface area (Å²) in [7, 11) is 1.50. The van der Waals surface area contributed by atoms with E-state index < -0.39 is 41.0 Å². The molecule has 2 amide bonds. The molecule has 0 saturated heterocycles. The van der Waals surface area contributed by atoms with Crippen LogP contribution in [0.25, 0.3) is 0 Å². The number of alkyl halides is 3. The minimum atomic E-state index is -4.91. The second-order valence-corrected chi connectivity index (χ2v) is 13.6. The number of carbonyl (C=O) groups is 2. The Labute approximate surface area is 260 Å². The Morgan fingerprint density at radius 1 is 1.07 bits per heavy atom. The molecule has 0 radical (unpaired) electrons. The molecule has 0 spiro atoms. The van der Waals surface area contributed by atoms with Gasteiger partial charge in [-0.2, -0.15) is 13.2 Å². The summed E-state index contributed by atoms with van der Waals surface area (Å²) >= 11 is 0. The smallest absolute Gasteiger partial charge is 0.419 e. The van der Waals surface area contributed by atoms with Crippen molar-refractivity contribution in [3.8, 4) is 5.75 Å². The molecular formula is C34H39F4N3O4. The number of ether oxygens (including phenoxy) is 1. The van der Waals surface area contributed by atoms with Crippen molar-refractivity contribution < 1.29 is 37.0 Å². The summed E-state index contributed by atoms with van der Waals surface area (Å²) in [4.78, 5) is 29.8. The Bertz CT molecular complexity index is 1530. The Balaban J connectivity index is 1.26. The number of amides is 2. The van der Waals surface area contributed by atoms with E-state index in [1.165, 1.54) is 7.11 Å². The van der Waals surface area contributed by atoms with Crippen LogP contribution in [0.1, 0.15) is 66.6 Å². The van der Waals surface area contributed by atoms with Gasteiger partial charge in [0, 0.05) is 37.3 Å². The number of nitrogens with one attached hydrogen (secondary N) is 2. The van der Waals surface area contributed by atoms with Crippen LogP contribution < -0.4 is 15.4 Å². The van der Waals surface area contributed by atoms with Gasteiger partial charge < -0.3 is 20.5 Å². The highest BCUT2D eigenvalue weighted by Crippen LogP contribution is 2.54. The molecule has 3 fully saturated rings. The standard InChI is InChI=1S/C34H39F4N3O4/c1-33(2,44)17-41-11-10-19-13-25(28(45-3)14-20(19)16-41)31(42)40-30-23-8-7-22(24(23)12-18-4-5-18)29(30)32(43)39-21-6-9-27(35)26(15-21)34(36,37)38/h6,9,12-15,18,22-23,29-30,44H,4-5,7-8,10-11,16-17H2,1-3H3,(H,39,43)(H,40,42)/t22-,23+,29-,30+/m0/s1. The number of benzene rings is 2. The number of rotatable bonds is 8. The SMILES string of the molecule is COc1cc2c(cc1C(=O)N[C@H]1[C@@H](C(=O)Nc3ccc(F)c(C(F)(F)F)c3)[C@H]3CC[C@@H]1C3=CC1CC1)CCN(CC(C)(C)O)C2. The van der Waals surface area contributed by atoms with Gasteiger partial charge in [0.05, 0.1) is 29.8 Å². The highest BCUT2D eigenvalue weighted by molar-refractivity contribution is 5.99. The molecule has 4 aliphatic rings. The van der Waals surface area contributed by atoms with Gasteiger partial charge in [0.1, 0.15) is 11.6 Å². The third kappa shape index (κ3) is 6.60. The molecule has 2 bridgehead atoms. The van der Waals surface area contributed by atoms with Gasteiger partial charge in [-0.15, -0.1) is 0 Å². The summed E-state index contributed by atoms with van der Waals surface area (Å²) in [6, 6.07) is 5.55. The number of hydrogen-bond acceptors (Lipinski definition) is 5. The molecule has 3 saturated carbocycles. The van der Waals surface area contributed by atoms with Crippen LogP contribution in [-0.4, -0.2) is 53.7 Å². The van der Waals surface area contributed by atoms with Crippen molar-refractivity contribution in [2.24, 2.45) is 23.7 Å². The molecule has 3 aliphatic carbocycles. The number of allylic oxidation sites excluding steroid dienone is 1.